The van der Waals surface area contributed by atoms with Gasteiger partial charge in [0.15, 0.2) is 0 Å². The van der Waals surface area contributed by atoms with E-state index in [1.807, 2.05) is 0 Å². The Morgan fingerprint density at radius 2 is 1.89 bits per heavy atom. The van der Waals surface area contributed by atoms with Gasteiger partial charge in [-0.15, -0.1) is 0 Å². The van der Waals surface area contributed by atoms with E-state index in [0.29, 0.717) is 13.0 Å². The molecule has 0 saturated carbocycles. The number of nitrogens with one attached hydrogen (secondary N) is 1. The molecule has 0 bridgehead atoms. The predicted molar refractivity (Wildman–Crippen MR) is 68.6 cm³/mol. The minimum Gasteiger partial charge on any atom is -0.396 e. The van der Waals surface area contributed by atoms with Crippen molar-refractivity contribution < 1.29 is 29.6 Å². The van der Waals surface area contributed by atoms with Gasteiger partial charge in [0, 0.05) is 39.8 Å². The molecule has 7 nitrogen and oxygen atoms in total. The van der Waals surface area contributed by atoms with Gasteiger partial charge in [0.05, 0.1) is 25.4 Å². The molecule has 1 amide bonds. The molecule has 0 spiro atoms. The molecule has 19 heavy (non-hydrogen) atoms. The summed E-state index contributed by atoms with van der Waals surface area (Å²) < 4.78 is 10.2. The lowest BCUT2D eigenvalue weighted by Crippen LogP contribution is -2.47. The number of methoxy groups -OCH3 is 1. The third kappa shape index (κ3) is 8.90. The van der Waals surface area contributed by atoms with Crippen molar-refractivity contribution in [2.75, 3.05) is 40.1 Å². The van der Waals surface area contributed by atoms with Gasteiger partial charge in [-0.2, -0.15) is 0 Å². The third-order valence-corrected chi connectivity index (χ3v) is 2.67. The Balaban J connectivity index is 3.91. The number of aliphatic hydroxyl groups excluding tert-OH is 3. The largest absolute Gasteiger partial charge is 0.396 e. The van der Waals surface area contributed by atoms with Crippen molar-refractivity contribution in [1.82, 2.24) is 5.32 Å². The molecule has 0 aromatic carbocycles. The van der Waals surface area contributed by atoms with Crippen LogP contribution in [0.3, 0.4) is 0 Å². The SMILES string of the molecule is COCC(NC(C)=O)C(O)COCCC(CO)CO. The fourth-order valence-electron chi connectivity index (χ4n) is 1.50. The van der Waals surface area contributed by atoms with Crippen LogP contribution in [0.15, 0.2) is 0 Å². The molecule has 0 rings (SSSR count). The lowest BCUT2D eigenvalue weighted by Gasteiger charge is -2.23. The lowest BCUT2D eigenvalue weighted by atomic mass is 10.1. The van der Waals surface area contributed by atoms with Crippen LogP contribution in [-0.4, -0.2) is 73.5 Å². The topological polar surface area (TPSA) is 108 Å². The number of amides is 1. The Bertz CT molecular complexity index is 234. The van der Waals surface area contributed by atoms with E-state index < -0.39 is 12.1 Å². The highest BCUT2D eigenvalue weighted by molar-refractivity contribution is 5.73. The van der Waals surface area contributed by atoms with E-state index in [-0.39, 0.29) is 38.3 Å². The molecule has 0 saturated heterocycles. The van der Waals surface area contributed by atoms with Crippen molar-refractivity contribution in [3.8, 4) is 0 Å². The Morgan fingerprint density at radius 3 is 2.37 bits per heavy atom. The maximum atomic E-state index is 11.0. The number of ether oxygens (including phenoxy) is 2. The molecule has 2 atom stereocenters. The van der Waals surface area contributed by atoms with E-state index in [9.17, 15) is 9.90 Å². The molecule has 0 aromatic rings. The average Bonchev–Trinajstić information content (AvgIpc) is 2.37. The molecule has 4 N–H and O–H groups in total. The second kappa shape index (κ2) is 11.1. The fourth-order valence-corrected chi connectivity index (χ4v) is 1.50. The van der Waals surface area contributed by atoms with E-state index in [0.717, 1.165) is 0 Å². The Kier molecular flexibility index (Phi) is 10.7. The number of hydrogen-bond acceptors (Lipinski definition) is 6. The highest BCUT2D eigenvalue weighted by atomic mass is 16.5. The minimum absolute atomic E-state index is 0.0535. The molecule has 0 fully saturated rings. The van der Waals surface area contributed by atoms with E-state index in [1.165, 1.54) is 14.0 Å². The van der Waals surface area contributed by atoms with Crippen molar-refractivity contribution >= 4 is 5.91 Å². The number of aliphatic hydroxyl groups is 3. The summed E-state index contributed by atoms with van der Waals surface area (Å²) >= 11 is 0. The average molecular weight is 279 g/mol. The van der Waals surface area contributed by atoms with Crippen LogP contribution in [0.4, 0.5) is 0 Å². The molecule has 0 aromatic heterocycles. The van der Waals surface area contributed by atoms with Gasteiger partial charge < -0.3 is 30.1 Å². The zero-order valence-electron chi connectivity index (χ0n) is 11.5. The maximum absolute atomic E-state index is 11.0. The van der Waals surface area contributed by atoms with Crippen LogP contribution in [0.2, 0.25) is 0 Å². The van der Waals surface area contributed by atoms with Gasteiger partial charge in [0.2, 0.25) is 5.91 Å². The first-order chi connectivity index (χ1) is 9.04. The zero-order valence-corrected chi connectivity index (χ0v) is 11.5. The zero-order chi connectivity index (χ0) is 14.7. The second-order valence-electron chi connectivity index (χ2n) is 4.42. The van der Waals surface area contributed by atoms with Crippen LogP contribution in [0.25, 0.3) is 0 Å². The second-order valence-corrected chi connectivity index (χ2v) is 4.42. The van der Waals surface area contributed by atoms with Crippen molar-refractivity contribution in [2.24, 2.45) is 5.92 Å². The van der Waals surface area contributed by atoms with Crippen LogP contribution in [-0.2, 0) is 14.3 Å². The van der Waals surface area contributed by atoms with Crippen LogP contribution in [0.5, 0.6) is 0 Å². The standard InChI is InChI=1S/C12H25NO6/c1-9(16)13-11(7-18-2)12(17)8-19-4-3-10(5-14)6-15/h10-12,14-15,17H,3-8H2,1-2H3,(H,13,16). The predicted octanol–water partition coefficient (Wildman–Crippen LogP) is -1.49. The summed E-state index contributed by atoms with van der Waals surface area (Å²) in [6.45, 7) is 1.74. The molecule has 7 heteroatoms. The van der Waals surface area contributed by atoms with E-state index in [1.54, 1.807) is 0 Å². The molecule has 114 valence electrons. The van der Waals surface area contributed by atoms with Crippen molar-refractivity contribution in [3.05, 3.63) is 0 Å². The maximum Gasteiger partial charge on any atom is 0.217 e. The number of carbonyl (C=O) groups excluding carboxylic acids is 1. The van der Waals surface area contributed by atoms with Crippen molar-refractivity contribution in [2.45, 2.75) is 25.5 Å². The molecule has 0 aliphatic carbocycles. The molecule has 0 heterocycles. The fraction of sp³-hybridized carbons (Fsp3) is 0.917. The monoisotopic (exact) mass is 279 g/mol. The van der Waals surface area contributed by atoms with Gasteiger partial charge >= 0.3 is 0 Å². The number of carbonyl (C=O) groups is 1. The highest BCUT2D eigenvalue weighted by Gasteiger charge is 2.20. The van der Waals surface area contributed by atoms with Crippen LogP contribution >= 0.6 is 0 Å². The Morgan fingerprint density at radius 1 is 1.26 bits per heavy atom. The first-order valence-corrected chi connectivity index (χ1v) is 6.28. The van der Waals surface area contributed by atoms with Gasteiger partial charge in [0.25, 0.3) is 0 Å². The number of rotatable bonds is 11. The van der Waals surface area contributed by atoms with E-state index >= 15 is 0 Å². The van der Waals surface area contributed by atoms with Gasteiger partial charge in [0.1, 0.15) is 0 Å². The summed E-state index contributed by atoms with van der Waals surface area (Å²) in [5.74, 6) is -0.455. The first kappa shape index (κ1) is 18.3. The van der Waals surface area contributed by atoms with Gasteiger partial charge in [-0.1, -0.05) is 0 Å². The van der Waals surface area contributed by atoms with Crippen LogP contribution in [0.1, 0.15) is 13.3 Å². The first-order valence-electron chi connectivity index (χ1n) is 6.28. The Labute approximate surface area is 113 Å². The van der Waals surface area contributed by atoms with Crippen molar-refractivity contribution in [3.63, 3.8) is 0 Å². The summed E-state index contributed by atoms with van der Waals surface area (Å²) in [5, 5.41) is 30.2. The highest BCUT2D eigenvalue weighted by Crippen LogP contribution is 2.02. The van der Waals surface area contributed by atoms with E-state index in [2.05, 4.69) is 5.32 Å². The van der Waals surface area contributed by atoms with Gasteiger partial charge in [-0.05, 0) is 6.42 Å². The molecular weight excluding hydrogens is 254 g/mol. The summed E-state index contributed by atoms with van der Waals surface area (Å²) in [4.78, 5) is 11.0. The molecular formula is C12H25NO6. The summed E-state index contributed by atoms with van der Waals surface area (Å²) in [6.07, 6.45) is -0.361. The summed E-state index contributed by atoms with van der Waals surface area (Å²) in [6, 6.07) is -0.519. The summed E-state index contributed by atoms with van der Waals surface area (Å²) in [5.41, 5.74) is 0. The molecule has 2 unspecified atom stereocenters. The van der Waals surface area contributed by atoms with Crippen molar-refractivity contribution in [1.29, 1.82) is 0 Å². The normalized spacial score (nSPS) is 14.4. The molecule has 0 radical (unpaired) electrons. The van der Waals surface area contributed by atoms with E-state index in [4.69, 9.17) is 19.7 Å². The third-order valence-electron chi connectivity index (χ3n) is 2.67. The van der Waals surface area contributed by atoms with Crippen LogP contribution in [0, 0.1) is 5.92 Å². The summed E-state index contributed by atoms with van der Waals surface area (Å²) in [7, 11) is 1.48. The quantitative estimate of drug-likeness (QED) is 0.343. The van der Waals surface area contributed by atoms with Crippen LogP contribution < -0.4 is 5.32 Å². The molecule has 0 aliphatic rings. The van der Waals surface area contributed by atoms with Gasteiger partial charge in [-0.25, -0.2) is 0 Å². The Hall–Kier alpha value is -0.730. The smallest absolute Gasteiger partial charge is 0.217 e. The lowest BCUT2D eigenvalue weighted by molar-refractivity contribution is -0.121. The number of hydrogen-bond donors (Lipinski definition) is 4. The van der Waals surface area contributed by atoms with Gasteiger partial charge in [-0.3, -0.25) is 4.79 Å². The molecule has 0 aliphatic heterocycles. The minimum atomic E-state index is -0.870.